The van der Waals surface area contributed by atoms with Gasteiger partial charge in [0, 0.05) is 0 Å². The Kier molecular flexibility index (Phi) is 22.0. The SMILES string of the molecule is CCCCCCCCCOOC(=O)C(CC(=O)O)S(=O)(=O)O.[CH2-]C.[Na+]. The Morgan fingerprint density at radius 2 is 1.52 bits per heavy atom. The summed E-state index contributed by atoms with van der Waals surface area (Å²) in [4.78, 5) is 30.6. The molecule has 0 bridgehead atoms. The van der Waals surface area contributed by atoms with E-state index in [2.05, 4.69) is 23.6 Å². The van der Waals surface area contributed by atoms with Gasteiger partial charge >= 0.3 is 41.5 Å². The van der Waals surface area contributed by atoms with Crippen LogP contribution < -0.4 is 29.6 Å². The zero-order chi connectivity index (χ0) is 19.0. The molecule has 0 radical (unpaired) electrons. The van der Waals surface area contributed by atoms with Crippen molar-refractivity contribution in [2.24, 2.45) is 0 Å². The first-order valence-corrected chi connectivity index (χ1v) is 9.51. The summed E-state index contributed by atoms with van der Waals surface area (Å²) in [6.07, 6.45) is 6.14. The Labute approximate surface area is 172 Å². The molecule has 0 aromatic heterocycles. The van der Waals surface area contributed by atoms with Crippen LogP contribution >= 0.6 is 0 Å². The molecular weight excluding hydrogens is 363 g/mol. The molecule has 0 saturated heterocycles. The van der Waals surface area contributed by atoms with Crippen LogP contribution in [0.2, 0.25) is 0 Å². The molecular formula is C15H29NaO8S. The van der Waals surface area contributed by atoms with Crippen LogP contribution in [-0.2, 0) is 29.5 Å². The molecule has 25 heavy (non-hydrogen) atoms. The molecule has 0 aliphatic rings. The Bertz CT molecular complexity index is 439. The number of aliphatic carboxylic acids is 1. The quantitative estimate of drug-likeness (QED) is 0.110. The standard InChI is InChI=1S/C13H24O8S.C2H5.Na/c1-2-3-4-5-6-7-8-9-20-21-13(16)11(10-12(14)15)22(17,18)19;1-2;/h11H,2-10H2,1H3,(H,14,15)(H,17,18,19);1H2,2H3;/q;-1;+1. The summed E-state index contributed by atoms with van der Waals surface area (Å²) < 4.78 is 30.6. The first-order chi connectivity index (χ1) is 11.3. The molecule has 0 aromatic rings. The van der Waals surface area contributed by atoms with Crippen LogP contribution in [0.3, 0.4) is 0 Å². The van der Waals surface area contributed by atoms with Crippen molar-refractivity contribution < 1.29 is 67.0 Å². The van der Waals surface area contributed by atoms with Gasteiger partial charge < -0.3 is 12.0 Å². The number of unbranched alkanes of at least 4 members (excludes halogenated alkanes) is 6. The van der Waals surface area contributed by atoms with E-state index in [9.17, 15) is 18.0 Å². The van der Waals surface area contributed by atoms with E-state index < -0.39 is 33.7 Å². The van der Waals surface area contributed by atoms with Crippen LogP contribution in [0.1, 0.15) is 65.2 Å². The van der Waals surface area contributed by atoms with E-state index in [-0.39, 0.29) is 36.2 Å². The average molecular weight is 392 g/mol. The number of rotatable bonds is 13. The molecule has 0 rings (SSSR count). The van der Waals surface area contributed by atoms with Gasteiger partial charge in [-0.25, -0.2) is 4.79 Å². The third-order valence-electron chi connectivity index (χ3n) is 2.95. The smallest absolute Gasteiger partial charge is 0.481 e. The van der Waals surface area contributed by atoms with E-state index in [0.717, 1.165) is 19.3 Å². The van der Waals surface area contributed by atoms with Gasteiger partial charge in [0.1, 0.15) is 0 Å². The molecule has 144 valence electrons. The molecule has 0 saturated carbocycles. The number of hydrogen-bond acceptors (Lipinski definition) is 6. The Balaban J connectivity index is -0.00000155. The summed E-state index contributed by atoms with van der Waals surface area (Å²) in [6, 6.07) is 0. The summed E-state index contributed by atoms with van der Waals surface area (Å²) in [5.74, 6) is -2.99. The Morgan fingerprint density at radius 1 is 1.04 bits per heavy atom. The summed E-state index contributed by atoms with van der Waals surface area (Å²) in [5, 5.41) is 6.32. The van der Waals surface area contributed by atoms with Gasteiger partial charge in [-0.15, -0.1) is 0 Å². The zero-order valence-corrected chi connectivity index (χ0v) is 18.2. The molecule has 10 heteroatoms. The van der Waals surface area contributed by atoms with Gasteiger partial charge in [-0.3, -0.25) is 14.2 Å². The van der Waals surface area contributed by atoms with E-state index in [1.807, 2.05) is 0 Å². The molecule has 0 heterocycles. The average Bonchev–Trinajstić information content (AvgIpc) is 2.51. The van der Waals surface area contributed by atoms with Crippen molar-refractivity contribution in [1.82, 2.24) is 0 Å². The van der Waals surface area contributed by atoms with Gasteiger partial charge in [0.25, 0.3) is 10.1 Å². The molecule has 8 nitrogen and oxygen atoms in total. The summed E-state index contributed by atoms with van der Waals surface area (Å²) >= 11 is 0. The Morgan fingerprint density at radius 3 is 1.96 bits per heavy atom. The van der Waals surface area contributed by atoms with Crippen LogP contribution in [0.25, 0.3) is 0 Å². The molecule has 0 aliphatic heterocycles. The summed E-state index contributed by atoms with van der Waals surface area (Å²) in [5.41, 5.74) is 0. The van der Waals surface area contributed by atoms with Crippen molar-refractivity contribution in [1.29, 1.82) is 0 Å². The first-order valence-electron chi connectivity index (χ1n) is 8.01. The fourth-order valence-electron chi connectivity index (χ4n) is 1.74. The van der Waals surface area contributed by atoms with Crippen molar-refractivity contribution in [3.8, 4) is 0 Å². The maximum absolute atomic E-state index is 11.4. The fraction of sp³-hybridized carbons (Fsp3) is 0.800. The number of carbonyl (C=O) groups is 2. The summed E-state index contributed by atoms with van der Waals surface area (Å²) in [6.45, 7) is 7.22. The molecule has 0 amide bonds. The molecule has 0 aromatic carbocycles. The number of carbonyl (C=O) groups excluding carboxylic acids is 1. The molecule has 0 aliphatic carbocycles. The molecule has 1 atom stereocenters. The molecule has 2 N–H and O–H groups in total. The van der Waals surface area contributed by atoms with Crippen LogP contribution in [0.15, 0.2) is 0 Å². The number of carboxylic acid groups (broad SMARTS) is 1. The van der Waals surface area contributed by atoms with Gasteiger partial charge in [0.05, 0.1) is 13.0 Å². The maximum Gasteiger partial charge on any atom is 1.00 e. The molecule has 1 unspecified atom stereocenters. The van der Waals surface area contributed by atoms with E-state index in [0.29, 0.717) is 6.42 Å². The number of carboxylic acids is 1. The van der Waals surface area contributed by atoms with Crippen molar-refractivity contribution in [3.05, 3.63) is 6.92 Å². The fourth-order valence-corrected chi connectivity index (χ4v) is 2.38. The van der Waals surface area contributed by atoms with Crippen LogP contribution in [-0.4, -0.2) is 41.9 Å². The predicted molar refractivity (Wildman–Crippen MR) is 88.7 cm³/mol. The largest absolute Gasteiger partial charge is 1.00 e. The Hall–Kier alpha value is -0.190. The molecule has 0 spiro atoms. The second-order valence-corrected chi connectivity index (χ2v) is 6.55. The van der Waals surface area contributed by atoms with Crippen molar-refractivity contribution in [2.75, 3.05) is 6.61 Å². The second kappa shape index (κ2) is 18.6. The van der Waals surface area contributed by atoms with Gasteiger partial charge in [0.2, 0.25) is 0 Å². The van der Waals surface area contributed by atoms with Gasteiger partial charge in [-0.2, -0.15) is 20.2 Å². The second-order valence-electron chi connectivity index (χ2n) is 4.95. The van der Waals surface area contributed by atoms with E-state index >= 15 is 0 Å². The normalized spacial score (nSPS) is 11.5. The number of hydrogen-bond donors (Lipinski definition) is 2. The van der Waals surface area contributed by atoms with Gasteiger partial charge in [0.15, 0.2) is 5.25 Å². The maximum atomic E-state index is 11.4. The summed E-state index contributed by atoms with van der Waals surface area (Å²) in [7, 11) is -4.85. The third kappa shape index (κ3) is 18.4. The van der Waals surface area contributed by atoms with Crippen molar-refractivity contribution in [3.63, 3.8) is 0 Å². The monoisotopic (exact) mass is 392 g/mol. The van der Waals surface area contributed by atoms with E-state index in [4.69, 9.17) is 9.66 Å². The minimum absolute atomic E-state index is 0. The minimum atomic E-state index is -4.85. The van der Waals surface area contributed by atoms with Crippen molar-refractivity contribution >= 4 is 22.1 Å². The molecule has 0 fully saturated rings. The van der Waals surface area contributed by atoms with E-state index in [1.165, 1.54) is 19.3 Å². The van der Waals surface area contributed by atoms with Gasteiger partial charge in [-0.05, 0) is 6.42 Å². The third-order valence-corrected chi connectivity index (χ3v) is 4.03. The first kappa shape index (κ1) is 29.6. The van der Waals surface area contributed by atoms with Crippen LogP contribution in [0, 0.1) is 6.92 Å². The topological polar surface area (TPSA) is 127 Å². The van der Waals surface area contributed by atoms with E-state index in [1.54, 1.807) is 6.92 Å². The van der Waals surface area contributed by atoms with Gasteiger partial charge in [-0.1, -0.05) is 45.4 Å². The van der Waals surface area contributed by atoms with Crippen molar-refractivity contribution in [2.45, 2.75) is 70.5 Å². The predicted octanol–water partition coefficient (Wildman–Crippen LogP) is -0.213. The van der Waals surface area contributed by atoms with Crippen LogP contribution in [0.4, 0.5) is 0 Å². The zero-order valence-electron chi connectivity index (χ0n) is 15.4. The van der Waals surface area contributed by atoms with Crippen LogP contribution in [0.5, 0.6) is 0 Å². The minimum Gasteiger partial charge on any atom is -0.481 e.